The van der Waals surface area contributed by atoms with Crippen molar-refractivity contribution in [3.63, 3.8) is 0 Å². The standard InChI is InChI=1S/C30H32N4O4S4/c1-5-17(3)31-23(35)15-19-7-11-21(12-8-19)33-27(37)25(41-29(33)39)26-28(38)34(30(40)42-26)22-13-9-20(10-14-22)16-24(36)32-18(4)6-2/h7-14,17-18H,5-6,15-16H2,1-4H3,(H,31,35)(H,32,36)/b26-25+/t17-,18-/m1/s1. The molecule has 0 aromatic heterocycles. The molecule has 0 unspecified atom stereocenters. The zero-order valence-corrected chi connectivity index (χ0v) is 27.0. The first-order valence-corrected chi connectivity index (χ1v) is 16.1. The smallest absolute Gasteiger partial charge is 0.272 e. The van der Waals surface area contributed by atoms with Crippen molar-refractivity contribution in [1.82, 2.24) is 10.6 Å². The Bertz CT molecular complexity index is 1350. The van der Waals surface area contributed by atoms with Gasteiger partial charge in [-0.05, 0) is 62.1 Å². The summed E-state index contributed by atoms with van der Waals surface area (Å²) >= 11 is 13.2. The summed E-state index contributed by atoms with van der Waals surface area (Å²) in [6.07, 6.45) is 2.17. The van der Waals surface area contributed by atoms with Crippen LogP contribution in [0.1, 0.15) is 51.7 Å². The molecule has 12 heteroatoms. The Morgan fingerprint density at radius 1 is 0.690 bits per heavy atom. The summed E-state index contributed by atoms with van der Waals surface area (Å²) in [6.45, 7) is 7.93. The maximum atomic E-state index is 13.5. The van der Waals surface area contributed by atoms with E-state index >= 15 is 0 Å². The molecule has 0 spiro atoms. The first kappa shape index (κ1) is 31.9. The van der Waals surface area contributed by atoms with Crippen molar-refractivity contribution in [2.24, 2.45) is 0 Å². The summed E-state index contributed by atoms with van der Waals surface area (Å²) in [5.41, 5.74) is 2.74. The minimum Gasteiger partial charge on any atom is -0.353 e. The van der Waals surface area contributed by atoms with Gasteiger partial charge in [-0.1, -0.05) is 86.1 Å². The highest BCUT2D eigenvalue weighted by Gasteiger charge is 2.43. The van der Waals surface area contributed by atoms with E-state index in [4.69, 9.17) is 24.4 Å². The first-order chi connectivity index (χ1) is 20.0. The molecule has 2 aliphatic heterocycles. The number of carbonyl (C=O) groups is 4. The van der Waals surface area contributed by atoms with Crippen molar-refractivity contribution >= 4 is 91.6 Å². The zero-order chi connectivity index (χ0) is 30.6. The summed E-state index contributed by atoms with van der Waals surface area (Å²) in [5, 5.41) is 5.88. The predicted octanol–water partition coefficient (Wildman–Crippen LogP) is 5.24. The fourth-order valence-electron chi connectivity index (χ4n) is 4.21. The Kier molecular flexibility index (Phi) is 10.6. The molecule has 2 heterocycles. The third kappa shape index (κ3) is 7.28. The lowest BCUT2D eigenvalue weighted by Gasteiger charge is -2.16. The first-order valence-electron chi connectivity index (χ1n) is 13.7. The van der Waals surface area contributed by atoms with E-state index in [2.05, 4.69) is 10.6 Å². The summed E-state index contributed by atoms with van der Waals surface area (Å²) in [6, 6.07) is 14.4. The molecule has 42 heavy (non-hydrogen) atoms. The minimum atomic E-state index is -0.393. The van der Waals surface area contributed by atoms with E-state index < -0.39 is 11.8 Å². The van der Waals surface area contributed by atoms with Gasteiger partial charge in [0.25, 0.3) is 11.8 Å². The second kappa shape index (κ2) is 13.9. The van der Waals surface area contributed by atoms with Crippen LogP contribution in [0.2, 0.25) is 0 Å². The van der Waals surface area contributed by atoms with E-state index in [1.165, 1.54) is 9.80 Å². The van der Waals surface area contributed by atoms with E-state index in [0.29, 0.717) is 20.0 Å². The van der Waals surface area contributed by atoms with E-state index in [1.807, 2.05) is 27.7 Å². The van der Waals surface area contributed by atoms with Crippen LogP contribution in [-0.2, 0) is 32.0 Å². The quantitative estimate of drug-likeness (QED) is 0.269. The Morgan fingerprint density at radius 2 is 1.02 bits per heavy atom. The lowest BCUT2D eigenvalue weighted by Crippen LogP contribution is -2.33. The predicted molar refractivity (Wildman–Crippen MR) is 178 cm³/mol. The fraction of sp³-hybridized carbons (Fsp3) is 0.333. The second-order valence-corrected chi connectivity index (χ2v) is 13.4. The number of nitrogens with zero attached hydrogens (tertiary/aromatic N) is 2. The number of amides is 4. The number of carbonyl (C=O) groups excluding carboxylic acids is 4. The van der Waals surface area contributed by atoms with Gasteiger partial charge in [0.15, 0.2) is 8.64 Å². The third-order valence-corrected chi connectivity index (χ3v) is 9.78. The van der Waals surface area contributed by atoms with Crippen molar-refractivity contribution in [3.05, 3.63) is 69.5 Å². The molecule has 2 N–H and O–H groups in total. The molecule has 220 valence electrons. The van der Waals surface area contributed by atoms with Crippen LogP contribution in [0.15, 0.2) is 58.3 Å². The van der Waals surface area contributed by atoms with E-state index in [9.17, 15) is 19.2 Å². The zero-order valence-electron chi connectivity index (χ0n) is 23.8. The van der Waals surface area contributed by atoms with Gasteiger partial charge in [0.05, 0.1) is 34.0 Å². The lowest BCUT2D eigenvalue weighted by atomic mass is 10.1. The van der Waals surface area contributed by atoms with Crippen molar-refractivity contribution in [2.45, 2.75) is 65.5 Å². The largest absolute Gasteiger partial charge is 0.353 e. The SMILES string of the molecule is CC[C@@H](C)NC(=O)Cc1ccc(N2C(=O)/C(=C3\SC(=S)N(c4ccc(CC(=O)N[C@H](C)CC)cc4)C3=O)SC2=S)cc1. The molecular weight excluding hydrogens is 609 g/mol. The van der Waals surface area contributed by atoms with Gasteiger partial charge in [0.1, 0.15) is 0 Å². The molecule has 0 bridgehead atoms. The molecule has 0 aliphatic carbocycles. The van der Waals surface area contributed by atoms with Gasteiger partial charge >= 0.3 is 0 Å². The van der Waals surface area contributed by atoms with Crippen LogP contribution < -0.4 is 20.4 Å². The minimum absolute atomic E-state index is 0.0634. The number of hydrogen-bond donors (Lipinski definition) is 2. The van der Waals surface area contributed by atoms with Gasteiger partial charge in [-0.25, -0.2) is 0 Å². The molecule has 2 aromatic carbocycles. The highest BCUT2D eigenvalue weighted by Crippen LogP contribution is 2.44. The van der Waals surface area contributed by atoms with Gasteiger partial charge in [-0.3, -0.25) is 29.0 Å². The van der Waals surface area contributed by atoms with E-state index in [-0.39, 0.29) is 46.5 Å². The van der Waals surface area contributed by atoms with Crippen LogP contribution in [0, 0.1) is 0 Å². The maximum Gasteiger partial charge on any atom is 0.272 e. The van der Waals surface area contributed by atoms with Gasteiger partial charge in [-0.2, -0.15) is 0 Å². The normalized spacial score (nSPS) is 18.5. The molecule has 2 aromatic rings. The number of anilines is 2. The number of thiocarbonyl (C=S) groups is 2. The monoisotopic (exact) mass is 640 g/mol. The Morgan fingerprint density at radius 3 is 1.33 bits per heavy atom. The summed E-state index contributed by atoms with van der Waals surface area (Å²) < 4.78 is 0.616. The molecule has 2 saturated heterocycles. The van der Waals surface area contributed by atoms with Crippen molar-refractivity contribution in [1.29, 1.82) is 0 Å². The summed E-state index contributed by atoms with van der Waals surface area (Å²) in [7, 11) is 0. The molecule has 8 nitrogen and oxygen atoms in total. The van der Waals surface area contributed by atoms with Gasteiger partial charge < -0.3 is 10.6 Å². The number of hydrogen-bond acceptors (Lipinski definition) is 8. The molecule has 2 aliphatic rings. The molecule has 2 atom stereocenters. The van der Waals surface area contributed by atoms with Crippen LogP contribution in [0.25, 0.3) is 0 Å². The molecule has 2 fully saturated rings. The number of nitrogens with one attached hydrogen (secondary N) is 2. The molecule has 4 rings (SSSR count). The Hall–Kier alpha value is -3.06. The van der Waals surface area contributed by atoms with Crippen LogP contribution in [-0.4, -0.2) is 44.4 Å². The average molecular weight is 641 g/mol. The van der Waals surface area contributed by atoms with Crippen molar-refractivity contribution in [2.75, 3.05) is 9.80 Å². The third-order valence-electron chi connectivity index (χ3n) is 6.90. The van der Waals surface area contributed by atoms with Crippen molar-refractivity contribution < 1.29 is 19.2 Å². The van der Waals surface area contributed by atoms with Gasteiger partial charge in [-0.15, -0.1) is 0 Å². The molecule has 4 amide bonds. The molecule has 0 radical (unpaired) electrons. The summed E-state index contributed by atoms with van der Waals surface area (Å²) in [4.78, 5) is 54.7. The van der Waals surface area contributed by atoms with Gasteiger partial charge in [0, 0.05) is 12.1 Å². The maximum absolute atomic E-state index is 13.5. The van der Waals surface area contributed by atoms with E-state index in [0.717, 1.165) is 47.5 Å². The topological polar surface area (TPSA) is 98.8 Å². The highest BCUT2D eigenvalue weighted by molar-refractivity contribution is 8.30. The van der Waals surface area contributed by atoms with Crippen LogP contribution in [0.3, 0.4) is 0 Å². The Labute approximate surface area is 265 Å². The van der Waals surface area contributed by atoms with Crippen molar-refractivity contribution in [3.8, 4) is 0 Å². The number of thioether (sulfide) groups is 2. The second-order valence-electron chi connectivity index (χ2n) is 10.1. The lowest BCUT2D eigenvalue weighted by molar-refractivity contribution is -0.121. The fourth-order valence-corrected chi connectivity index (χ4v) is 6.96. The van der Waals surface area contributed by atoms with Crippen LogP contribution in [0.5, 0.6) is 0 Å². The van der Waals surface area contributed by atoms with E-state index in [1.54, 1.807) is 48.5 Å². The number of rotatable bonds is 10. The number of benzene rings is 2. The average Bonchev–Trinajstić information content (AvgIpc) is 3.42. The van der Waals surface area contributed by atoms with Crippen LogP contribution >= 0.6 is 48.0 Å². The molecular formula is C30H32N4O4S4. The molecule has 0 saturated carbocycles. The highest BCUT2D eigenvalue weighted by atomic mass is 32.2. The Balaban J connectivity index is 1.46. The summed E-state index contributed by atoms with van der Waals surface area (Å²) in [5.74, 6) is -0.913. The van der Waals surface area contributed by atoms with Crippen LogP contribution in [0.4, 0.5) is 11.4 Å². The van der Waals surface area contributed by atoms with Gasteiger partial charge in [0.2, 0.25) is 11.8 Å².